The van der Waals surface area contributed by atoms with E-state index >= 15 is 0 Å². The molecule has 0 unspecified atom stereocenters. The van der Waals surface area contributed by atoms with Crippen LogP contribution in [0.5, 0.6) is 11.5 Å². The van der Waals surface area contributed by atoms with Gasteiger partial charge in [0, 0.05) is 33.3 Å². The number of anilines is 1. The number of piperazine rings is 1. The molecule has 178 valence electrons. The maximum atomic E-state index is 10.1. The van der Waals surface area contributed by atoms with Crippen LogP contribution in [0.15, 0.2) is 42.5 Å². The third kappa shape index (κ3) is 4.41. The lowest BCUT2D eigenvalue weighted by Gasteiger charge is -2.38. The number of phenolic OH excluding ortho intramolecular Hbond substituents is 1. The molecule has 34 heavy (non-hydrogen) atoms. The fraction of sp³-hybridized carbons (Fsp3) is 0.391. The molecule has 0 saturated carbocycles. The summed E-state index contributed by atoms with van der Waals surface area (Å²) in [4.78, 5) is 9.53. The van der Waals surface area contributed by atoms with Gasteiger partial charge < -0.3 is 19.5 Å². The Kier molecular flexibility index (Phi) is 6.57. The van der Waals surface area contributed by atoms with Crippen molar-refractivity contribution in [3.05, 3.63) is 53.9 Å². The molecule has 5 rings (SSSR count). The molecule has 0 spiro atoms. The minimum absolute atomic E-state index is 0.102. The van der Waals surface area contributed by atoms with Crippen molar-refractivity contribution in [1.82, 2.24) is 30.1 Å². The zero-order chi connectivity index (χ0) is 23.5. The van der Waals surface area contributed by atoms with Crippen molar-refractivity contribution < 1.29 is 14.6 Å². The van der Waals surface area contributed by atoms with Crippen molar-refractivity contribution in [2.24, 2.45) is 0 Å². The summed E-state index contributed by atoms with van der Waals surface area (Å²) >= 11 is 1.73. The van der Waals surface area contributed by atoms with Gasteiger partial charge >= 0.3 is 0 Å². The van der Waals surface area contributed by atoms with Crippen LogP contribution in [0.25, 0.3) is 10.2 Å². The van der Waals surface area contributed by atoms with Crippen molar-refractivity contribution >= 4 is 26.7 Å². The van der Waals surface area contributed by atoms with Gasteiger partial charge in [-0.15, -0.1) is 5.10 Å². The minimum atomic E-state index is -0.195. The number of aromatic hydroxyl groups is 1. The molecule has 2 aromatic carbocycles. The highest BCUT2D eigenvalue weighted by molar-refractivity contribution is 7.22. The van der Waals surface area contributed by atoms with Gasteiger partial charge in [-0.25, -0.2) is 9.67 Å². The highest BCUT2D eigenvalue weighted by Gasteiger charge is 2.32. The van der Waals surface area contributed by atoms with E-state index in [-0.39, 0.29) is 11.8 Å². The minimum Gasteiger partial charge on any atom is -0.504 e. The SMILES string of the molecule is COCCn1nnnc1[C@@H](c1ccc(O)c(OC)c1)N1CCN(c2nc3ccccc3s2)CC1. The Morgan fingerprint density at radius 1 is 1.09 bits per heavy atom. The molecule has 1 saturated heterocycles. The number of methoxy groups -OCH3 is 2. The lowest BCUT2D eigenvalue weighted by Crippen LogP contribution is -2.48. The highest BCUT2D eigenvalue weighted by atomic mass is 32.1. The normalized spacial score (nSPS) is 15.6. The van der Waals surface area contributed by atoms with Gasteiger partial charge in [0.1, 0.15) is 0 Å². The van der Waals surface area contributed by atoms with Crippen molar-refractivity contribution in [2.75, 3.05) is 51.9 Å². The number of tetrazole rings is 1. The Morgan fingerprint density at radius 2 is 1.91 bits per heavy atom. The molecule has 1 aliphatic heterocycles. The largest absolute Gasteiger partial charge is 0.504 e. The average molecular weight is 482 g/mol. The molecule has 11 heteroatoms. The molecule has 1 fully saturated rings. The number of ether oxygens (including phenoxy) is 2. The van der Waals surface area contributed by atoms with E-state index in [9.17, 15) is 5.11 Å². The van der Waals surface area contributed by atoms with Gasteiger partial charge in [0.25, 0.3) is 0 Å². The number of hydrogen-bond acceptors (Lipinski definition) is 10. The zero-order valence-electron chi connectivity index (χ0n) is 19.2. The fourth-order valence-electron chi connectivity index (χ4n) is 4.30. The molecule has 0 bridgehead atoms. The molecule has 10 nitrogen and oxygen atoms in total. The van der Waals surface area contributed by atoms with Gasteiger partial charge in [-0.2, -0.15) is 0 Å². The van der Waals surface area contributed by atoms with Crippen molar-refractivity contribution in [1.29, 1.82) is 0 Å². The molecular formula is C23H27N7O3S. The van der Waals surface area contributed by atoms with Gasteiger partial charge in [-0.3, -0.25) is 4.90 Å². The lowest BCUT2D eigenvalue weighted by atomic mass is 10.0. The van der Waals surface area contributed by atoms with Crippen LogP contribution in [0.2, 0.25) is 0 Å². The van der Waals surface area contributed by atoms with E-state index in [0.717, 1.165) is 48.2 Å². The molecule has 0 radical (unpaired) electrons. The Labute approximate surface area is 201 Å². The fourth-order valence-corrected chi connectivity index (χ4v) is 5.32. The summed E-state index contributed by atoms with van der Waals surface area (Å²) in [5, 5.41) is 23.7. The second-order valence-electron chi connectivity index (χ2n) is 8.07. The molecule has 0 amide bonds. The quantitative estimate of drug-likeness (QED) is 0.407. The van der Waals surface area contributed by atoms with Crippen molar-refractivity contribution in [3.8, 4) is 11.5 Å². The van der Waals surface area contributed by atoms with E-state index in [1.54, 1.807) is 36.3 Å². The van der Waals surface area contributed by atoms with Crippen molar-refractivity contribution in [3.63, 3.8) is 0 Å². The molecule has 2 aromatic heterocycles. The molecule has 0 aliphatic carbocycles. The Morgan fingerprint density at radius 3 is 2.68 bits per heavy atom. The maximum Gasteiger partial charge on any atom is 0.186 e. The smallest absolute Gasteiger partial charge is 0.186 e. The molecule has 1 N–H and O–H groups in total. The molecule has 1 atom stereocenters. The molecule has 3 heterocycles. The number of rotatable bonds is 8. The molecule has 4 aromatic rings. The predicted molar refractivity (Wildman–Crippen MR) is 130 cm³/mol. The Bertz CT molecular complexity index is 1220. The van der Waals surface area contributed by atoms with Gasteiger partial charge in [0.05, 0.1) is 36.5 Å². The second kappa shape index (κ2) is 9.92. The number of benzene rings is 2. The first kappa shape index (κ1) is 22.5. The first-order valence-electron chi connectivity index (χ1n) is 11.1. The van der Waals surface area contributed by atoms with Crippen LogP contribution in [-0.4, -0.2) is 82.2 Å². The Hall–Kier alpha value is -3.28. The summed E-state index contributed by atoms with van der Waals surface area (Å²) in [7, 11) is 3.21. The van der Waals surface area contributed by atoms with Gasteiger partial charge in [-0.05, 0) is 40.3 Å². The standard InChI is InChI=1S/C23H27N7O3S/c1-32-14-13-30-22(25-26-27-30)21(16-7-8-18(31)19(15-16)33-2)28-9-11-29(12-10-28)23-24-17-5-3-4-6-20(17)34-23/h3-8,15,21,31H,9-14H2,1-2H3/t21-/m1/s1. The average Bonchev–Trinajstić information content (AvgIpc) is 3.51. The summed E-state index contributed by atoms with van der Waals surface area (Å²) in [6, 6.07) is 13.5. The number of phenols is 1. The number of aromatic nitrogens is 5. The topological polar surface area (TPSA) is 102 Å². The highest BCUT2D eigenvalue weighted by Crippen LogP contribution is 2.35. The number of thiazole rings is 1. The van der Waals surface area contributed by atoms with Crippen LogP contribution in [-0.2, 0) is 11.3 Å². The van der Waals surface area contributed by atoms with Gasteiger partial charge in [0.2, 0.25) is 0 Å². The summed E-state index contributed by atoms with van der Waals surface area (Å²) in [6.07, 6.45) is 0. The number of hydrogen-bond donors (Lipinski definition) is 1. The maximum absolute atomic E-state index is 10.1. The van der Waals surface area contributed by atoms with E-state index in [1.165, 1.54) is 4.70 Å². The summed E-state index contributed by atoms with van der Waals surface area (Å²) in [6.45, 7) is 4.35. The monoisotopic (exact) mass is 481 g/mol. The number of para-hydroxylation sites is 1. The van der Waals surface area contributed by atoms with Gasteiger partial charge in [0.15, 0.2) is 22.5 Å². The van der Waals surface area contributed by atoms with Crippen LogP contribution < -0.4 is 9.64 Å². The van der Waals surface area contributed by atoms with Crippen LogP contribution in [0.1, 0.15) is 17.4 Å². The third-order valence-electron chi connectivity index (χ3n) is 6.06. The Balaban J connectivity index is 1.42. The van der Waals surface area contributed by atoms with E-state index in [4.69, 9.17) is 14.5 Å². The van der Waals surface area contributed by atoms with Crippen LogP contribution in [0.3, 0.4) is 0 Å². The second-order valence-corrected chi connectivity index (χ2v) is 9.08. The van der Waals surface area contributed by atoms with Crippen LogP contribution >= 0.6 is 11.3 Å². The van der Waals surface area contributed by atoms with E-state index < -0.39 is 0 Å². The number of fused-ring (bicyclic) bond motifs is 1. The number of nitrogens with zero attached hydrogens (tertiary/aromatic N) is 7. The first-order chi connectivity index (χ1) is 16.7. The zero-order valence-corrected chi connectivity index (χ0v) is 20.0. The van der Waals surface area contributed by atoms with E-state index in [0.29, 0.717) is 18.9 Å². The molecular weight excluding hydrogens is 454 g/mol. The van der Waals surface area contributed by atoms with Crippen LogP contribution in [0, 0.1) is 0 Å². The van der Waals surface area contributed by atoms with Gasteiger partial charge in [-0.1, -0.05) is 29.5 Å². The summed E-state index contributed by atoms with van der Waals surface area (Å²) in [5.41, 5.74) is 1.99. The predicted octanol–water partition coefficient (Wildman–Crippen LogP) is 2.55. The van der Waals surface area contributed by atoms with Crippen molar-refractivity contribution in [2.45, 2.75) is 12.6 Å². The first-order valence-corrected chi connectivity index (χ1v) is 12.0. The molecule has 1 aliphatic rings. The third-order valence-corrected chi connectivity index (χ3v) is 7.16. The van der Waals surface area contributed by atoms with Crippen LogP contribution in [0.4, 0.5) is 5.13 Å². The van der Waals surface area contributed by atoms with E-state index in [1.807, 2.05) is 24.3 Å². The summed E-state index contributed by atoms with van der Waals surface area (Å²) in [5.74, 6) is 1.26. The van der Waals surface area contributed by atoms with E-state index in [2.05, 4.69) is 37.5 Å². The summed E-state index contributed by atoms with van der Waals surface area (Å²) < 4.78 is 13.6. The lowest BCUT2D eigenvalue weighted by molar-refractivity contribution is 0.171.